The molecule has 3 unspecified atom stereocenters. The van der Waals surface area contributed by atoms with Crippen molar-refractivity contribution in [3.63, 3.8) is 0 Å². The number of alkyl halides is 1. The molecule has 15 heteroatoms. The maximum atomic E-state index is 15.2. The Morgan fingerprint density at radius 3 is 1.32 bits per heavy atom. The van der Waals surface area contributed by atoms with Gasteiger partial charge in [-0.3, -0.25) is 4.79 Å². The van der Waals surface area contributed by atoms with Crippen LogP contribution >= 0.6 is 0 Å². The summed E-state index contributed by atoms with van der Waals surface area (Å²) >= 11 is 0. The van der Waals surface area contributed by atoms with Crippen LogP contribution in [0.2, 0.25) is 0 Å². The third-order valence-electron chi connectivity index (χ3n) is 17.0. The first-order valence-electron chi connectivity index (χ1n) is 32.3. The fourth-order valence-electron chi connectivity index (χ4n) is 11.8. The van der Waals surface area contributed by atoms with Gasteiger partial charge in [0.05, 0.1) is 70.0 Å². The number of carbonyl (C=O) groups is 2. The van der Waals surface area contributed by atoms with Gasteiger partial charge in [-0.25, -0.2) is 38.5 Å². The van der Waals surface area contributed by atoms with Crippen LogP contribution < -0.4 is 0 Å². The lowest BCUT2D eigenvalue weighted by molar-refractivity contribution is -0.344. The summed E-state index contributed by atoms with van der Waals surface area (Å²) in [6.07, 6.45) is 37.4. The number of halogens is 1. The molecule has 0 amide bonds. The standard InChI is InChI=1S/C65H109FO14/c1-3-41-75-76-48-19-11-9-15-43-70-59-34-25-55(26-35-59)51-78-77-49-20-12-10-16-44-71-60-36-27-56(28-37-60)52-79-80-63-40-29-54(50-62(63)66)22-21-53-23-32-58(33-24-53)69-42-14-6-8-18-47-74-65(68)57-30-38-61(39-31-57)72-45-13-5-7-17-46-73-64(67)4-2/h3-4,53-63H,1-2,5-20,23-52H2. The van der Waals surface area contributed by atoms with Gasteiger partial charge in [0.25, 0.3) is 0 Å². The summed E-state index contributed by atoms with van der Waals surface area (Å²) < 4.78 is 50.5. The molecule has 0 heterocycles. The molecule has 14 nitrogen and oxygen atoms in total. The van der Waals surface area contributed by atoms with Crippen LogP contribution in [0.1, 0.15) is 225 Å². The van der Waals surface area contributed by atoms with Gasteiger partial charge in [-0.05, 0) is 198 Å². The van der Waals surface area contributed by atoms with Crippen LogP contribution in [-0.4, -0.2) is 121 Å². The molecule has 0 aromatic carbocycles. The summed E-state index contributed by atoms with van der Waals surface area (Å²) in [4.78, 5) is 56.2. The summed E-state index contributed by atoms with van der Waals surface area (Å²) in [5.74, 6) is 7.96. The molecule has 0 N–H and O–H groups in total. The van der Waals surface area contributed by atoms with E-state index in [9.17, 15) is 9.59 Å². The second-order valence-electron chi connectivity index (χ2n) is 23.6. The molecule has 5 rings (SSSR count). The van der Waals surface area contributed by atoms with Crippen LogP contribution in [0.15, 0.2) is 25.3 Å². The van der Waals surface area contributed by atoms with E-state index in [1.165, 1.54) is 6.08 Å². The van der Waals surface area contributed by atoms with E-state index in [0.29, 0.717) is 95.2 Å². The Morgan fingerprint density at radius 2 is 0.838 bits per heavy atom. The first-order chi connectivity index (χ1) is 39.4. The van der Waals surface area contributed by atoms with Crippen LogP contribution in [-0.2, 0) is 67.3 Å². The summed E-state index contributed by atoms with van der Waals surface area (Å²) in [7, 11) is 0. The lowest BCUT2D eigenvalue weighted by Crippen LogP contribution is -2.33. The van der Waals surface area contributed by atoms with E-state index in [4.69, 9.17) is 57.7 Å². The molecule has 0 radical (unpaired) electrons. The van der Waals surface area contributed by atoms with Gasteiger partial charge in [0, 0.05) is 44.3 Å². The molecule has 0 saturated heterocycles. The van der Waals surface area contributed by atoms with Crippen LogP contribution in [0.5, 0.6) is 0 Å². The zero-order valence-electron chi connectivity index (χ0n) is 49.5. The van der Waals surface area contributed by atoms with Gasteiger partial charge in [0.2, 0.25) is 0 Å². The molecular formula is C65H109FO14. The highest BCUT2D eigenvalue weighted by Gasteiger charge is 2.33. The Bertz CT molecular complexity index is 1630. The number of rotatable bonds is 44. The summed E-state index contributed by atoms with van der Waals surface area (Å²) in [6.45, 7) is 14.0. The van der Waals surface area contributed by atoms with E-state index >= 15 is 4.39 Å². The van der Waals surface area contributed by atoms with Crippen LogP contribution in [0, 0.1) is 41.4 Å². The summed E-state index contributed by atoms with van der Waals surface area (Å²) in [5, 5.41) is 0. The lowest BCUT2D eigenvalue weighted by atomic mass is 9.84. The molecule has 5 aliphatic rings. The molecular weight excluding hydrogens is 1020 g/mol. The average molecular weight is 1130 g/mol. The number of esters is 2. The van der Waals surface area contributed by atoms with Crippen molar-refractivity contribution in [2.24, 2.45) is 29.6 Å². The summed E-state index contributed by atoms with van der Waals surface area (Å²) in [6, 6.07) is 0. The Labute approximate surface area is 482 Å². The van der Waals surface area contributed by atoms with E-state index in [2.05, 4.69) is 25.0 Å². The fraction of sp³-hybridized carbons (Fsp3) is 0.877. The monoisotopic (exact) mass is 1130 g/mol. The largest absolute Gasteiger partial charge is 0.465 e. The zero-order valence-corrected chi connectivity index (χ0v) is 49.5. The van der Waals surface area contributed by atoms with Crippen molar-refractivity contribution in [2.75, 3.05) is 72.7 Å². The minimum absolute atomic E-state index is 0.00640. The highest BCUT2D eigenvalue weighted by molar-refractivity contribution is 5.81. The van der Waals surface area contributed by atoms with Gasteiger partial charge >= 0.3 is 11.9 Å². The van der Waals surface area contributed by atoms with Gasteiger partial charge in [0.15, 0.2) is 0 Å². The van der Waals surface area contributed by atoms with E-state index in [0.717, 1.165) is 238 Å². The number of unbranched alkanes of at least 4 members (excludes halogenated alkanes) is 12. The van der Waals surface area contributed by atoms with Crippen molar-refractivity contribution in [1.82, 2.24) is 0 Å². The van der Waals surface area contributed by atoms with E-state index < -0.39 is 12.3 Å². The maximum absolute atomic E-state index is 15.2. The van der Waals surface area contributed by atoms with Gasteiger partial charge in [-0.15, -0.1) is 6.58 Å². The highest BCUT2D eigenvalue weighted by atomic mass is 19.1. The Balaban J connectivity index is 0.735. The topological polar surface area (TPSA) is 145 Å². The first kappa shape index (κ1) is 68.3. The van der Waals surface area contributed by atoms with E-state index in [1.54, 1.807) is 6.08 Å². The highest BCUT2D eigenvalue weighted by Crippen LogP contribution is 2.33. The van der Waals surface area contributed by atoms with Crippen molar-refractivity contribution in [2.45, 2.75) is 261 Å². The zero-order chi connectivity index (χ0) is 56.3. The SMILES string of the molecule is C=CCOOCCCCCCOC1CCC(COOCCCCCCOC2CCC(COOC3CCC(C#CC4CCC(OCCCCCCOC(=O)C5CCC(OCCCCCCOC(=O)C=C)CC5)CC4)CC3F)CC2)CC1. The first-order valence-corrected chi connectivity index (χ1v) is 32.3. The molecule has 460 valence electrons. The molecule has 0 aromatic rings. The summed E-state index contributed by atoms with van der Waals surface area (Å²) in [5.41, 5.74) is 0. The third-order valence-corrected chi connectivity index (χ3v) is 17.0. The number of hydrogen-bond acceptors (Lipinski definition) is 14. The average Bonchev–Trinajstić information content (AvgIpc) is 3.48. The molecule has 3 atom stereocenters. The predicted octanol–water partition coefficient (Wildman–Crippen LogP) is 14.3. The lowest BCUT2D eigenvalue weighted by Gasteiger charge is -2.31. The molecule has 5 saturated carbocycles. The van der Waals surface area contributed by atoms with Crippen molar-refractivity contribution >= 4 is 11.9 Å². The smallest absolute Gasteiger partial charge is 0.330 e. The minimum Gasteiger partial charge on any atom is -0.465 e. The van der Waals surface area contributed by atoms with Crippen molar-refractivity contribution in [1.29, 1.82) is 0 Å². The second-order valence-corrected chi connectivity index (χ2v) is 23.6. The van der Waals surface area contributed by atoms with Crippen LogP contribution in [0.3, 0.4) is 0 Å². The molecule has 0 bridgehead atoms. The number of ether oxygens (including phenoxy) is 6. The van der Waals surface area contributed by atoms with Crippen molar-refractivity contribution in [3.05, 3.63) is 25.3 Å². The molecule has 5 fully saturated rings. The molecule has 0 aromatic heterocycles. The van der Waals surface area contributed by atoms with Crippen molar-refractivity contribution < 1.29 is 71.7 Å². The number of carbonyl (C=O) groups excluding carboxylic acids is 2. The predicted molar refractivity (Wildman–Crippen MR) is 308 cm³/mol. The van der Waals surface area contributed by atoms with Crippen molar-refractivity contribution in [3.8, 4) is 11.8 Å². The van der Waals surface area contributed by atoms with Gasteiger partial charge in [-0.2, -0.15) is 0 Å². The third kappa shape index (κ3) is 32.0. The van der Waals surface area contributed by atoms with E-state index in [-0.39, 0.29) is 29.9 Å². The molecule has 0 spiro atoms. The minimum atomic E-state index is -1.05. The van der Waals surface area contributed by atoms with Crippen LogP contribution in [0.25, 0.3) is 0 Å². The molecule has 80 heavy (non-hydrogen) atoms. The number of hydrogen-bond donors (Lipinski definition) is 0. The maximum Gasteiger partial charge on any atom is 0.330 e. The van der Waals surface area contributed by atoms with E-state index in [1.807, 2.05) is 0 Å². The molecule has 0 aliphatic heterocycles. The van der Waals surface area contributed by atoms with Crippen LogP contribution in [0.4, 0.5) is 4.39 Å². The Kier molecular flexibility index (Phi) is 38.4. The van der Waals surface area contributed by atoms with Gasteiger partial charge < -0.3 is 28.4 Å². The van der Waals surface area contributed by atoms with Gasteiger partial charge in [-0.1, -0.05) is 63.0 Å². The fourth-order valence-corrected chi connectivity index (χ4v) is 11.8. The van der Waals surface area contributed by atoms with Gasteiger partial charge in [0.1, 0.15) is 18.9 Å². The molecule has 5 aliphatic carbocycles. The quantitative estimate of drug-likeness (QED) is 0.0108. The Hall–Kier alpha value is -2.49. The normalized spacial score (nSPS) is 27.2. The Morgan fingerprint density at radius 1 is 0.425 bits per heavy atom. The second kappa shape index (κ2) is 45.0.